The van der Waals surface area contributed by atoms with Crippen LogP contribution in [0.3, 0.4) is 0 Å². The van der Waals surface area contributed by atoms with Gasteiger partial charge in [0.25, 0.3) is 0 Å². The van der Waals surface area contributed by atoms with Gasteiger partial charge in [-0.15, -0.1) is 0 Å². The molecule has 0 aromatic carbocycles. The third kappa shape index (κ3) is 2.58. The summed E-state index contributed by atoms with van der Waals surface area (Å²) in [5.41, 5.74) is 0. The SMILES string of the molecule is CCC1CN2CCCC2CN1CC(C1CC1)C1CC1. The van der Waals surface area contributed by atoms with Crippen LogP contribution in [0.5, 0.6) is 0 Å². The maximum Gasteiger partial charge on any atom is 0.0224 e. The molecule has 4 fully saturated rings. The lowest BCUT2D eigenvalue weighted by atomic mass is 9.94. The van der Waals surface area contributed by atoms with Crippen molar-refractivity contribution in [3.63, 3.8) is 0 Å². The van der Waals surface area contributed by atoms with Crippen LogP contribution in [0.4, 0.5) is 0 Å². The van der Waals surface area contributed by atoms with Gasteiger partial charge in [0, 0.05) is 31.7 Å². The zero-order valence-electron chi connectivity index (χ0n) is 12.6. The van der Waals surface area contributed by atoms with Crippen LogP contribution < -0.4 is 0 Å². The molecule has 4 aliphatic rings. The van der Waals surface area contributed by atoms with Gasteiger partial charge in [0.05, 0.1) is 0 Å². The first kappa shape index (κ1) is 12.6. The lowest BCUT2D eigenvalue weighted by Crippen LogP contribution is -2.57. The van der Waals surface area contributed by atoms with Crippen molar-refractivity contribution in [1.29, 1.82) is 0 Å². The van der Waals surface area contributed by atoms with Gasteiger partial charge in [-0.2, -0.15) is 0 Å². The molecule has 0 aromatic heterocycles. The fraction of sp³-hybridized carbons (Fsp3) is 1.00. The molecule has 2 unspecified atom stereocenters. The van der Waals surface area contributed by atoms with Crippen molar-refractivity contribution < 1.29 is 0 Å². The molecular formula is C17H30N2. The highest BCUT2D eigenvalue weighted by molar-refractivity contribution is 4.97. The normalized spacial score (nSPS) is 36.9. The molecule has 0 spiro atoms. The second-order valence-corrected chi connectivity index (χ2v) is 7.65. The van der Waals surface area contributed by atoms with Gasteiger partial charge in [0.2, 0.25) is 0 Å². The Balaban J connectivity index is 1.42. The molecule has 2 heterocycles. The van der Waals surface area contributed by atoms with E-state index in [4.69, 9.17) is 0 Å². The summed E-state index contributed by atoms with van der Waals surface area (Å²) in [4.78, 5) is 5.70. The van der Waals surface area contributed by atoms with Crippen LogP contribution in [0, 0.1) is 17.8 Å². The lowest BCUT2D eigenvalue weighted by molar-refractivity contribution is 0.0329. The average molecular weight is 262 g/mol. The molecule has 0 amide bonds. The molecule has 0 bridgehead atoms. The Hall–Kier alpha value is -0.0800. The molecule has 2 aliphatic carbocycles. The Kier molecular flexibility index (Phi) is 3.35. The highest BCUT2D eigenvalue weighted by Gasteiger charge is 2.44. The minimum atomic E-state index is 0.856. The Bertz CT molecular complexity index is 309. The van der Waals surface area contributed by atoms with Crippen molar-refractivity contribution in [2.24, 2.45) is 17.8 Å². The molecule has 2 aliphatic heterocycles. The van der Waals surface area contributed by atoms with Crippen molar-refractivity contribution in [1.82, 2.24) is 9.80 Å². The van der Waals surface area contributed by atoms with Crippen molar-refractivity contribution in [2.45, 2.75) is 64.0 Å². The van der Waals surface area contributed by atoms with E-state index in [1.807, 2.05) is 0 Å². The lowest BCUT2D eigenvalue weighted by Gasteiger charge is -2.45. The van der Waals surface area contributed by atoms with Crippen molar-refractivity contribution in [3.05, 3.63) is 0 Å². The summed E-state index contributed by atoms with van der Waals surface area (Å²) in [5, 5.41) is 0. The minimum Gasteiger partial charge on any atom is -0.298 e. The standard InChI is InChI=1S/C17H30N2/c1-2-15-10-18-9-3-4-16(18)11-19(15)12-17(13-5-6-13)14-7-8-14/h13-17H,2-12H2,1H3. The van der Waals surface area contributed by atoms with Crippen molar-refractivity contribution in [2.75, 3.05) is 26.2 Å². The highest BCUT2D eigenvalue weighted by atomic mass is 15.3. The van der Waals surface area contributed by atoms with E-state index in [1.165, 1.54) is 45.4 Å². The fourth-order valence-corrected chi connectivity index (χ4v) is 4.76. The average Bonchev–Trinajstić information content (AvgIpc) is 3.33. The van der Waals surface area contributed by atoms with Crippen molar-refractivity contribution >= 4 is 0 Å². The van der Waals surface area contributed by atoms with Crippen LogP contribution in [0.2, 0.25) is 0 Å². The first-order valence-corrected chi connectivity index (χ1v) is 8.83. The van der Waals surface area contributed by atoms with Crippen LogP contribution >= 0.6 is 0 Å². The maximum absolute atomic E-state index is 2.91. The fourth-order valence-electron chi connectivity index (χ4n) is 4.76. The van der Waals surface area contributed by atoms with Gasteiger partial charge >= 0.3 is 0 Å². The van der Waals surface area contributed by atoms with E-state index in [1.54, 1.807) is 25.7 Å². The van der Waals surface area contributed by atoms with Crippen LogP contribution in [-0.2, 0) is 0 Å². The van der Waals surface area contributed by atoms with Gasteiger partial charge in [-0.1, -0.05) is 6.92 Å². The molecule has 2 saturated carbocycles. The predicted octanol–water partition coefficient (Wildman–Crippen LogP) is 2.98. The van der Waals surface area contributed by atoms with Gasteiger partial charge in [-0.3, -0.25) is 9.80 Å². The summed E-state index contributed by atoms with van der Waals surface area (Å²) in [6.07, 6.45) is 10.4. The molecule has 0 N–H and O–H groups in total. The number of piperazine rings is 1. The summed E-state index contributed by atoms with van der Waals surface area (Å²) >= 11 is 0. The van der Waals surface area contributed by atoms with Crippen LogP contribution in [0.25, 0.3) is 0 Å². The molecule has 2 nitrogen and oxygen atoms in total. The number of hydrogen-bond donors (Lipinski definition) is 0. The Morgan fingerprint density at radius 1 is 1.00 bits per heavy atom. The number of nitrogens with zero attached hydrogens (tertiary/aromatic N) is 2. The van der Waals surface area contributed by atoms with E-state index in [-0.39, 0.29) is 0 Å². The van der Waals surface area contributed by atoms with Crippen LogP contribution in [-0.4, -0.2) is 48.1 Å². The van der Waals surface area contributed by atoms with Crippen LogP contribution in [0.15, 0.2) is 0 Å². The van der Waals surface area contributed by atoms with Crippen molar-refractivity contribution in [3.8, 4) is 0 Å². The van der Waals surface area contributed by atoms with E-state index in [0.717, 1.165) is 29.8 Å². The van der Waals surface area contributed by atoms with E-state index < -0.39 is 0 Å². The van der Waals surface area contributed by atoms with E-state index in [2.05, 4.69) is 16.7 Å². The predicted molar refractivity (Wildman–Crippen MR) is 79.2 cm³/mol. The smallest absolute Gasteiger partial charge is 0.0224 e. The number of fused-ring (bicyclic) bond motifs is 1. The molecule has 4 rings (SSSR count). The molecule has 0 aromatic rings. The largest absolute Gasteiger partial charge is 0.298 e. The Morgan fingerprint density at radius 3 is 2.37 bits per heavy atom. The zero-order valence-corrected chi connectivity index (χ0v) is 12.6. The number of rotatable bonds is 5. The molecule has 0 radical (unpaired) electrons. The molecular weight excluding hydrogens is 232 g/mol. The van der Waals surface area contributed by atoms with E-state index in [0.29, 0.717) is 0 Å². The van der Waals surface area contributed by atoms with Gasteiger partial charge in [-0.05, 0) is 69.2 Å². The van der Waals surface area contributed by atoms with E-state index in [9.17, 15) is 0 Å². The summed E-state index contributed by atoms with van der Waals surface area (Å²) < 4.78 is 0. The Morgan fingerprint density at radius 2 is 1.74 bits per heavy atom. The quantitative estimate of drug-likeness (QED) is 0.751. The van der Waals surface area contributed by atoms with Gasteiger partial charge in [0.1, 0.15) is 0 Å². The Labute approximate surface area is 118 Å². The van der Waals surface area contributed by atoms with Gasteiger partial charge < -0.3 is 0 Å². The summed E-state index contributed by atoms with van der Waals surface area (Å²) in [5.74, 6) is 3.31. The van der Waals surface area contributed by atoms with Gasteiger partial charge in [-0.25, -0.2) is 0 Å². The third-order valence-corrected chi connectivity index (χ3v) is 6.28. The summed E-state index contributed by atoms with van der Waals surface area (Å²) in [6.45, 7) is 7.97. The number of hydrogen-bond acceptors (Lipinski definition) is 2. The second-order valence-electron chi connectivity index (χ2n) is 7.65. The molecule has 2 saturated heterocycles. The molecule has 2 heteroatoms. The topological polar surface area (TPSA) is 6.48 Å². The minimum absolute atomic E-state index is 0.856. The van der Waals surface area contributed by atoms with E-state index >= 15 is 0 Å². The van der Waals surface area contributed by atoms with Crippen LogP contribution in [0.1, 0.15) is 51.9 Å². The first-order valence-electron chi connectivity index (χ1n) is 8.83. The summed E-state index contributed by atoms with van der Waals surface area (Å²) in [6, 6.07) is 1.76. The molecule has 108 valence electrons. The maximum atomic E-state index is 2.91. The second kappa shape index (κ2) is 5.04. The summed E-state index contributed by atoms with van der Waals surface area (Å²) in [7, 11) is 0. The highest BCUT2D eigenvalue weighted by Crippen LogP contribution is 2.49. The molecule has 19 heavy (non-hydrogen) atoms. The zero-order chi connectivity index (χ0) is 12.8. The van der Waals surface area contributed by atoms with Gasteiger partial charge in [0.15, 0.2) is 0 Å². The monoisotopic (exact) mass is 262 g/mol. The third-order valence-electron chi connectivity index (χ3n) is 6.28. The molecule has 2 atom stereocenters. The first-order chi connectivity index (χ1) is 9.35.